The van der Waals surface area contributed by atoms with Gasteiger partial charge in [-0.25, -0.2) is 0 Å². The third kappa shape index (κ3) is 1.48. The molecule has 0 radical (unpaired) electrons. The third-order valence-electron chi connectivity index (χ3n) is 3.07. The zero-order valence-electron chi connectivity index (χ0n) is 8.23. The van der Waals surface area contributed by atoms with Crippen molar-refractivity contribution in [1.29, 1.82) is 0 Å². The highest BCUT2D eigenvalue weighted by molar-refractivity contribution is 6.32. The summed E-state index contributed by atoms with van der Waals surface area (Å²) in [4.78, 5) is 0. The summed E-state index contributed by atoms with van der Waals surface area (Å²) < 4.78 is 0. The normalized spacial score (nSPS) is 21.3. The predicted octanol–water partition coefficient (Wildman–Crippen LogP) is 4.09. The van der Waals surface area contributed by atoms with Gasteiger partial charge in [-0.3, -0.25) is 0 Å². The predicted molar refractivity (Wildman–Crippen MR) is 57.5 cm³/mol. The molecule has 1 aliphatic rings. The third-order valence-corrected chi connectivity index (χ3v) is 3.59. The Bertz CT molecular complexity index is 328. The van der Waals surface area contributed by atoms with Crippen LogP contribution in [0.25, 0.3) is 0 Å². The van der Waals surface area contributed by atoms with Crippen molar-refractivity contribution in [3.05, 3.63) is 33.8 Å². The van der Waals surface area contributed by atoms with Gasteiger partial charge in [-0.05, 0) is 48.8 Å². The Balaban J connectivity index is 2.56. The van der Waals surface area contributed by atoms with Gasteiger partial charge >= 0.3 is 0 Å². The molecule has 1 aromatic rings. The number of fused-ring (bicyclic) bond motifs is 1. The summed E-state index contributed by atoms with van der Waals surface area (Å²) in [6, 6.07) is 4.39. The van der Waals surface area contributed by atoms with Crippen LogP contribution in [0.1, 0.15) is 42.4 Å². The summed E-state index contributed by atoms with van der Waals surface area (Å²) in [6.07, 6.45) is 3.77. The van der Waals surface area contributed by atoms with Crippen molar-refractivity contribution in [2.45, 2.75) is 39.0 Å². The first kappa shape index (κ1) is 9.08. The zero-order chi connectivity index (χ0) is 9.42. The Morgan fingerprint density at radius 1 is 1.38 bits per heavy atom. The van der Waals surface area contributed by atoms with Crippen molar-refractivity contribution in [3.8, 4) is 0 Å². The number of halogens is 1. The maximum Gasteiger partial charge on any atom is 0.0470 e. The summed E-state index contributed by atoms with van der Waals surface area (Å²) in [7, 11) is 0. The molecule has 1 heteroatoms. The molecule has 0 bridgehead atoms. The van der Waals surface area contributed by atoms with Gasteiger partial charge in [0.1, 0.15) is 0 Å². The first-order valence-electron chi connectivity index (χ1n) is 4.98. The van der Waals surface area contributed by atoms with E-state index in [1.165, 1.54) is 36.0 Å². The van der Waals surface area contributed by atoms with Gasteiger partial charge in [-0.15, -0.1) is 0 Å². The number of rotatable bonds is 0. The molecule has 0 aliphatic heterocycles. The lowest BCUT2D eigenvalue weighted by atomic mass is 9.83. The number of aryl methyl sites for hydroxylation is 1. The molecule has 0 saturated carbocycles. The van der Waals surface area contributed by atoms with Crippen molar-refractivity contribution in [1.82, 2.24) is 0 Å². The molecule has 13 heavy (non-hydrogen) atoms. The van der Waals surface area contributed by atoms with E-state index in [0.29, 0.717) is 5.92 Å². The first-order valence-corrected chi connectivity index (χ1v) is 5.36. The topological polar surface area (TPSA) is 0 Å². The fourth-order valence-corrected chi connectivity index (χ4v) is 2.48. The molecule has 0 nitrogen and oxygen atoms in total. The van der Waals surface area contributed by atoms with Crippen LogP contribution in [0.3, 0.4) is 0 Å². The SMILES string of the molecule is Cc1ccc2c(c1Cl)CCCC2C. The van der Waals surface area contributed by atoms with E-state index < -0.39 is 0 Å². The van der Waals surface area contributed by atoms with Crippen LogP contribution in [0, 0.1) is 6.92 Å². The Kier molecular flexibility index (Phi) is 2.33. The highest BCUT2D eigenvalue weighted by atomic mass is 35.5. The fraction of sp³-hybridized carbons (Fsp3) is 0.500. The summed E-state index contributed by atoms with van der Waals surface area (Å²) in [5, 5.41) is 1.00. The largest absolute Gasteiger partial charge is 0.0837 e. The molecular weight excluding hydrogens is 180 g/mol. The monoisotopic (exact) mass is 194 g/mol. The number of hydrogen-bond donors (Lipinski definition) is 0. The van der Waals surface area contributed by atoms with Crippen LogP contribution < -0.4 is 0 Å². The molecule has 0 saturated heterocycles. The van der Waals surface area contributed by atoms with Crippen LogP contribution in [-0.4, -0.2) is 0 Å². The van der Waals surface area contributed by atoms with E-state index in [1.807, 2.05) is 0 Å². The minimum atomic E-state index is 0.696. The summed E-state index contributed by atoms with van der Waals surface area (Å²) in [5.41, 5.74) is 4.09. The minimum Gasteiger partial charge on any atom is -0.0837 e. The average molecular weight is 195 g/mol. The van der Waals surface area contributed by atoms with E-state index in [0.717, 1.165) is 5.02 Å². The zero-order valence-corrected chi connectivity index (χ0v) is 8.99. The van der Waals surface area contributed by atoms with E-state index in [4.69, 9.17) is 11.6 Å². The standard InChI is InChI=1S/C12H15Cl/c1-8-4-3-5-11-10(8)7-6-9(2)12(11)13/h6-8H,3-5H2,1-2H3. The van der Waals surface area contributed by atoms with Crippen LogP contribution in [0.15, 0.2) is 12.1 Å². The van der Waals surface area contributed by atoms with E-state index in [9.17, 15) is 0 Å². The maximum absolute atomic E-state index is 6.28. The summed E-state index contributed by atoms with van der Waals surface area (Å²) in [6.45, 7) is 4.38. The van der Waals surface area contributed by atoms with Crippen molar-refractivity contribution < 1.29 is 0 Å². The molecule has 2 rings (SSSR count). The average Bonchev–Trinajstić information content (AvgIpc) is 2.12. The lowest BCUT2D eigenvalue weighted by Gasteiger charge is -2.23. The minimum absolute atomic E-state index is 0.696. The first-order chi connectivity index (χ1) is 6.20. The molecule has 0 heterocycles. The fourth-order valence-electron chi connectivity index (χ4n) is 2.21. The summed E-state index contributed by atoms with van der Waals surface area (Å²) >= 11 is 6.28. The number of hydrogen-bond acceptors (Lipinski definition) is 0. The molecule has 0 aromatic heterocycles. The Hall–Kier alpha value is -0.490. The summed E-state index contributed by atoms with van der Waals surface area (Å²) in [5.74, 6) is 0.696. The quantitative estimate of drug-likeness (QED) is 0.584. The Morgan fingerprint density at radius 3 is 2.92 bits per heavy atom. The molecule has 0 N–H and O–H groups in total. The molecule has 70 valence electrons. The highest BCUT2D eigenvalue weighted by Crippen LogP contribution is 2.36. The molecular formula is C12H15Cl. The Labute approximate surface area is 84.9 Å². The van der Waals surface area contributed by atoms with Crippen LogP contribution in [0.2, 0.25) is 5.02 Å². The van der Waals surface area contributed by atoms with Gasteiger partial charge in [0.25, 0.3) is 0 Å². The molecule has 1 unspecified atom stereocenters. The molecule has 1 aromatic carbocycles. The second-order valence-electron chi connectivity index (χ2n) is 4.06. The second kappa shape index (κ2) is 3.34. The van der Waals surface area contributed by atoms with Gasteiger partial charge in [-0.1, -0.05) is 30.7 Å². The van der Waals surface area contributed by atoms with Crippen molar-refractivity contribution in [2.24, 2.45) is 0 Å². The van der Waals surface area contributed by atoms with Crippen molar-refractivity contribution >= 4 is 11.6 Å². The van der Waals surface area contributed by atoms with Crippen LogP contribution in [-0.2, 0) is 6.42 Å². The van der Waals surface area contributed by atoms with E-state index in [-0.39, 0.29) is 0 Å². The van der Waals surface area contributed by atoms with Gasteiger partial charge in [0.05, 0.1) is 0 Å². The van der Waals surface area contributed by atoms with Gasteiger partial charge in [0.2, 0.25) is 0 Å². The van der Waals surface area contributed by atoms with Gasteiger partial charge in [-0.2, -0.15) is 0 Å². The van der Waals surface area contributed by atoms with Crippen molar-refractivity contribution in [2.75, 3.05) is 0 Å². The lowest BCUT2D eigenvalue weighted by molar-refractivity contribution is 0.590. The molecule has 1 aliphatic carbocycles. The molecule has 0 amide bonds. The van der Waals surface area contributed by atoms with Gasteiger partial charge in [0, 0.05) is 5.02 Å². The lowest BCUT2D eigenvalue weighted by Crippen LogP contribution is -2.07. The van der Waals surface area contributed by atoms with Crippen molar-refractivity contribution in [3.63, 3.8) is 0 Å². The van der Waals surface area contributed by atoms with E-state index in [2.05, 4.69) is 26.0 Å². The van der Waals surface area contributed by atoms with Crippen LogP contribution in [0.5, 0.6) is 0 Å². The second-order valence-corrected chi connectivity index (χ2v) is 4.44. The maximum atomic E-state index is 6.28. The van der Waals surface area contributed by atoms with Gasteiger partial charge in [0.15, 0.2) is 0 Å². The smallest absolute Gasteiger partial charge is 0.0470 e. The molecule has 1 atom stereocenters. The van der Waals surface area contributed by atoms with Crippen LogP contribution >= 0.6 is 11.6 Å². The Morgan fingerprint density at radius 2 is 2.15 bits per heavy atom. The molecule has 0 fully saturated rings. The number of benzene rings is 1. The van der Waals surface area contributed by atoms with E-state index in [1.54, 1.807) is 0 Å². The molecule has 0 spiro atoms. The highest BCUT2D eigenvalue weighted by Gasteiger charge is 2.18. The van der Waals surface area contributed by atoms with Gasteiger partial charge < -0.3 is 0 Å². The van der Waals surface area contributed by atoms with Crippen LogP contribution in [0.4, 0.5) is 0 Å². The van der Waals surface area contributed by atoms with E-state index >= 15 is 0 Å².